The van der Waals surface area contributed by atoms with Crippen molar-refractivity contribution in [3.8, 4) is 6.07 Å². The molecule has 0 aliphatic rings. The molecule has 0 amide bonds. The highest BCUT2D eigenvalue weighted by Crippen LogP contribution is 2.20. The smallest absolute Gasteiger partial charge is 0.145 e. The Kier molecular flexibility index (Phi) is 3.90. The van der Waals surface area contributed by atoms with Crippen LogP contribution in [0.25, 0.3) is 0 Å². The Labute approximate surface area is 111 Å². The molecule has 19 heavy (non-hydrogen) atoms. The Bertz CT molecular complexity index is 595. The number of hydrogen-bond acceptors (Lipinski definition) is 6. The fraction of sp³-hybridized carbons (Fsp3) is 0.154. The van der Waals surface area contributed by atoms with Crippen molar-refractivity contribution in [2.75, 3.05) is 10.7 Å². The molecule has 6 heteroatoms. The fourth-order valence-corrected chi connectivity index (χ4v) is 1.62. The largest absolute Gasteiger partial charge is 0.339 e. The van der Waals surface area contributed by atoms with Gasteiger partial charge in [0.1, 0.15) is 23.5 Å². The van der Waals surface area contributed by atoms with Gasteiger partial charge in [-0.05, 0) is 12.1 Å². The third-order valence-electron chi connectivity index (χ3n) is 2.55. The number of aromatic nitrogens is 2. The predicted molar refractivity (Wildman–Crippen MR) is 73.7 cm³/mol. The third kappa shape index (κ3) is 2.97. The minimum absolute atomic E-state index is 0.531. The summed E-state index contributed by atoms with van der Waals surface area (Å²) in [5, 5.41) is 12.1. The lowest BCUT2D eigenvalue weighted by molar-refractivity contribution is 0.941. The van der Waals surface area contributed by atoms with Crippen molar-refractivity contribution in [2.45, 2.75) is 13.3 Å². The van der Waals surface area contributed by atoms with Gasteiger partial charge in [-0.1, -0.05) is 19.1 Å². The summed E-state index contributed by atoms with van der Waals surface area (Å²) in [6.07, 6.45) is 0.699. The van der Waals surface area contributed by atoms with Crippen LogP contribution in [0.2, 0.25) is 0 Å². The first kappa shape index (κ1) is 12.8. The monoisotopic (exact) mass is 254 g/mol. The normalized spacial score (nSPS) is 9.74. The van der Waals surface area contributed by atoms with Crippen LogP contribution in [-0.2, 0) is 6.42 Å². The lowest BCUT2D eigenvalue weighted by atomic mass is 10.2. The van der Waals surface area contributed by atoms with E-state index in [0.29, 0.717) is 35.1 Å². The number of nitrogen functional groups attached to an aromatic ring is 1. The number of nitrogens with one attached hydrogen (secondary N) is 2. The van der Waals surface area contributed by atoms with E-state index in [1.807, 2.05) is 25.1 Å². The molecule has 2 rings (SSSR count). The number of rotatable bonds is 4. The van der Waals surface area contributed by atoms with E-state index in [1.54, 1.807) is 12.1 Å². The lowest BCUT2D eigenvalue weighted by Crippen LogP contribution is -2.11. The zero-order chi connectivity index (χ0) is 13.7. The predicted octanol–water partition coefficient (Wildman–Crippen LogP) is 1.94. The highest BCUT2D eigenvalue weighted by atomic mass is 15.3. The van der Waals surface area contributed by atoms with Crippen LogP contribution >= 0.6 is 0 Å². The van der Waals surface area contributed by atoms with Gasteiger partial charge in [-0.3, -0.25) is 0 Å². The van der Waals surface area contributed by atoms with E-state index in [2.05, 4.69) is 26.8 Å². The van der Waals surface area contributed by atoms with Crippen molar-refractivity contribution < 1.29 is 0 Å². The van der Waals surface area contributed by atoms with Gasteiger partial charge in [-0.25, -0.2) is 15.8 Å². The number of nitriles is 1. The van der Waals surface area contributed by atoms with E-state index in [0.717, 1.165) is 0 Å². The Hall–Kier alpha value is -2.65. The van der Waals surface area contributed by atoms with Crippen molar-refractivity contribution in [3.63, 3.8) is 0 Å². The zero-order valence-corrected chi connectivity index (χ0v) is 10.5. The van der Waals surface area contributed by atoms with E-state index in [-0.39, 0.29) is 0 Å². The second-order valence-electron chi connectivity index (χ2n) is 3.83. The molecule has 0 unspecified atom stereocenters. The first-order chi connectivity index (χ1) is 9.26. The number of nitrogens with zero attached hydrogens (tertiary/aromatic N) is 3. The maximum atomic E-state index is 9.04. The van der Waals surface area contributed by atoms with Gasteiger partial charge in [0.15, 0.2) is 0 Å². The molecule has 1 heterocycles. The number of para-hydroxylation sites is 1. The van der Waals surface area contributed by atoms with E-state index >= 15 is 0 Å². The molecule has 0 atom stereocenters. The molecule has 96 valence electrons. The Morgan fingerprint density at radius 3 is 2.68 bits per heavy atom. The van der Waals surface area contributed by atoms with Crippen LogP contribution in [0.4, 0.5) is 17.3 Å². The van der Waals surface area contributed by atoms with Crippen LogP contribution < -0.4 is 16.6 Å². The van der Waals surface area contributed by atoms with Gasteiger partial charge < -0.3 is 10.7 Å². The highest BCUT2D eigenvalue weighted by molar-refractivity contribution is 5.65. The summed E-state index contributed by atoms with van der Waals surface area (Å²) in [6, 6.07) is 11.0. The molecule has 1 aromatic heterocycles. The number of benzene rings is 1. The second kappa shape index (κ2) is 5.80. The zero-order valence-electron chi connectivity index (χ0n) is 10.5. The molecule has 2 aromatic rings. The van der Waals surface area contributed by atoms with Gasteiger partial charge in [0.2, 0.25) is 0 Å². The molecule has 0 saturated carbocycles. The summed E-state index contributed by atoms with van der Waals surface area (Å²) >= 11 is 0. The van der Waals surface area contributed by atoms with Gasteiger partial charge in [0.05, 0.1) is 11.3 Å². The number of aryl methyl sites for hydroxylation is 1. The third-order valence-corrected chi connectivity index (χ3v) is 2.55. The Morgan fingerprint density at radius 2 is 2.00 bits per heavy atom. The fourth-order valence-electron chi connectivity index (χ4n) is 1.62. The molecule has 0 saturated heterocycles. The van der Waals surface area contributed by atoms with Gasteiger partial charge in [0.25, 0.3) is 0 Å². The summed E-state index contributed by atoms with van der Waals surface area (Å²) in [4.78, 5) is 8.55. The highest BCUT2D eigenvalue weighted by Gasteiger charge is 2.05. The summed E-state index contributed by atoms with van der Waals surface area (Å²) in [5.74, 6) is 7.18. The SMILES string of the molecule is CCc1nc(NN)cc(Nc2ccccc2C#N)n1. The molecule has 0 fully saturated rings. The molecular weight excluding hydrogens is 240 g/mol. The second-order valence-corrected chi connectivity index (χ2v) is 3.83. The molecule has 0 aliphatic carbocycles. The number of nitrogens with two attached hydrogens (primary N) is 1. The van der Waals surface area contributed by atoms with E-state index < -0.39 is 0 Å². The first-order valence-corrected chi connectivity index (χ1v) is 5.87. The number of hydrogen-bond donors (Lipinski definition) is 3. The van der Waals surface area contributed by atoms with Gasteiger partial charge >= 0.3 is 0 Å². The van der Waals surface area contributed by atoms with Gasteiger partial charge in [-0.15, -0.1) is 0 Å². The number of anilines is 3. The molecule has 0 aliphatic heterocycles. The van der Waals surface area contributed by atoms with Crippen LogP contribution in [0.3, 0.4) is 0 Å². The maximum absolute atomic E-state index is 9.04. The first-order valence-electron chi connectivity index (χ1n) is 5.87. The molecule has 0 spiro atoms. The van der Waals surface area contributed by atoms with Gasteiger partial charge in [0, 0.05) is 12.5 Å². The van der Waals surface area contributed by atoms with Crippen LogP contribution in [0.15, 0.2) is 30.3 Å². The molecule has 4 N–H and O–H groups in total. The maximum Gasteiger partial charge on any atom is 0.145 e. The topological polar surface area (TPSA) is 99.6 Å². The van der Waals surface area contributed by atoms with Crippen LogP contribution in [0.1, 0.15) is 18.3 Å². The van der Waals surface area contributed by atoms with Crippen molar-refractivity contribution in [1.29, 1.82) is 5.26 Å². The minimum atomic E-state index is 0.531. The molecule has 0 radical (unpaired) electrons. The molecular formula is C13H14N6. The Balaban J connectivity index is 2.35. The standard InChI is InChI=1S/C13H14N6/c1-2-11-17-12(7-13(18-11)19-15)16-10-6-4-3-5-9(10)8-14/h3-7H,2,15H2,1H3,(H2,16,17,18,19). The van der Waals surface area contributed by atoms with Gasteiger partial charge in [-0.2, -0.15) is 5.26 Å². The molecule has 1 aromatic carbocycles. The minimum Gasteiger partial charge on any atom is -0.339 e. The van der Waals surface area contributed by atoms with Crippen molar-refractivity contribution in [3.05, 3.63) is 41.7 Å². The quantitative estimate of drug-likeness (QED) is 0.569. The van der Waals surface area contributed by atoms with Crippen LogP contribution in [0, 0.1) is 11.3 Å². The Morgan fingerprint density at radius 1 is 1.26 bits per heavy atom. The van der Waals surface area contributed by atoms with E-state index in [9.17, 15) is 0 Å². The summed E-state index contributed by atoms with van der Waals surface area (Å²) in [5.41, 5.74) is 3.76. The van der Waals surface area contributed by atoms with Crippen molar-refractivity contribution in [2.24, 2.45) is 5.84 Å². The van der Waals surface area contributed by atoms with Crippen molar-refractivity contribution >= 4 is 17.3 Å². The van der Waals surface area contributed by atoms with E-state index in [4.69, 9.17) is 11.1 Å². The van der Waals surface area contributed by atoms with Crippen LogP contribution in [-0.4, -0.2) is 9.97 Å². The average molecular weight is 254 g/mol. The van der Waals surface area contributed by atoms with E-state index in [1.165, 1.54) is 0 Å². The lowest BCUT2D eigenvalue weighted by Gasteiger charge is -2.10. The number of hydrazine groups is 1. The molecule has 0 bridgehead atoms. The van der Waals surface area contributed by atoms with Crippen molar-refractivity contribution in [1.82, 2.24) is 9.97 Å². The summed E-state index contributed by atoms with van der Waals surface area (Å²) in [6.45, 7) is 1.96. The van der Waals surface area contributed by atoms with Crippen LogP contribution in [0.5, 0.6) is 0 Å². The molecule has 6 nitrogen and oxygen atoms in total. The average Bonchev–Trinajstić information content (AvgIpc) is 2.47. The summed E-state index contributed by atoms with van der Waals surface area (Å²) in [7, 11) is 0. The summed E-state index contributed by atoms with van der Waals surface area (Å²) < 4.78 is 0.